The van der Waals surface area contributed by atoms with Crippen LogP contribution in [-0.2, 0) is 0 Å². The maximum Gasteiger partial charge on any atom is 0.139 e. The van der Waals surface area contributed by atoms with Gasteiger partial charge < -0.3 is 4.74 Å². The van der Waals surface area contributed by atoms with Crippen LogP contribution in [0, 0.1) is 0 Å². The summed E-state index contributed by atoms with van der Waals surface area (Å²) in [6.07, 6.45) is 1.82. The van der Waals surface area contributed by atoms with Gasteiger partial charge in [-0.05, 0) is 26.0 Å². The second-order valence-electron chi connectivity index (χ2n) is 3.38. The molecule has 0 aliphatic rings. The van der Waals surface area contributed by atoms with Gasteiger partial charge in [0.1, 0.15) is 5.75 Å². The molecule has 0 bridgehead atoms. The number of rotatable bonds is 2. The van der Waals surface area contributed by atoms with E-state index in [-0.39, 0.29) is 6.10 Å². The number of aromatic nitrogens is 2. The van der Waals surface area contributed by atoms with Crippen molar-refractivity contribution in [3.63, 3.8) is 0 Å². The largest absolute Gasteiger partial charge is 0.489 e. The summed E-state index contributed by atoms with van der Waals surface area (Å²) in [5.74, 6) is 0.704. The van der Waals surface area contributed by atoms with Gasteiger partial charge in [0.15, 0.2) is 0 Å². The fourth-order valence-electron chi connectivity index (χ4n) is 1.31. The molecule has 0 atom stereocenters. The molecule has 0 radical (unpaired) electrons. The quantitative estimate of drug-likeness (QED) is 0.828. The highest BCUT2D eigenvalue weighted by Crippen LogP contribution is 2.32. The molecule has 1 heterocycles. The molecule has 74 valence electrons. The lowest BCUT2D eigenvalue weighted by Crippen LogP contribution is -2.05. The molecule has 3 nitrogen and oxygen atoms in total. The first-order chi connectivity index (χ1) is 6.68. The lowest BCUT2D eigenvalue weighted by Gasteiger charge is -2.11. The number of hydrogen-bond acceptors (Lipinski definition) is 2. The number of fused-ring (bicyclic) bond motifs is 1. The number of halogens is 1. The monoisotopic (exact) mass is 210 g/mol. The van der Waals surface area contributed by atoms with Crippen molar-refractivity contribution in [2.24, 2.45) is 0 Å². The van der Waals surface area contributed by atoms with Crippen LogP contribution < -0.4 is 4.74 Å². The maximum absolute atomic E-state index is 6.14. The van der Waals surface area contributed by atoms with Crippen molar-refractivity contribution in [3.05, 3.63) is 23.4 Å². The van der Waals surface area contributed by atoms with Crippen molar-refractivity contribution < 1.29 is 4.74 Å². The second kappa shape index (κ2) is 3.50. The van der Waals surface area contributed by atoms with E-state index in [9.17, 15) is 0 Å². The predicted octanol–water partition coefficient (Wildman–Crippen LogP) is 3.00. The molecule has 0 fully saturated rings. The molecule has 14 heavy (non-hydrogen) atoms. The van der Waals surface area contributed by atoms with E-state index < -0.39 is 0 Å². The first-order valence-corrected chi connectivity index (χ1v) is 4.84. The highest BCUT2D eigenvalue weighted by molar-refractivity contribution is 6.36. The van der Waals surface area contributed by atoms with Gasteiger partial charge in [-0.15, -0.1) is 0 Å². The van der Waals surface area contributed by atoms with E-state index in [1.165, 1.54) is 0 Å². The minimum absolute atomic E-state index is 0.122. The summed E-state index contributed by atoms with van der Waals surface area (Å²) >= 11 is 6.14. The minimum atomic E-state index is 0.122. The van der Waals surface area contributed by atoms with Crippen LogP contribution in [0.25, 0.3) is 10.9 Å². The number of H-pyrrole nitrogens is 1. The Bertz CT molecular complexity index is 450. The number of benzene rings is 1. The summed E-state index contributed by atoms with van der Waals surface area (Å²) in [5, 5.41) is 8.28. The topological polar surface area (TPSA) is 37.9 Å². The Morgan fingerprint density at radius 3 is 2.93 bits per heavy atom. The molecule has 2 rings (SSSR count). The Morgan fingerprint density at radius 1 is 1.43 bits per heavy atom. The third-order valence-corrected chi connectivity index (χ3v) is 2.28. The van der Waals surface area contributed by atoms with Gasteiger partial charge in [-0.3, -0.25) is 5.10 Å². The molecule has 0 saturated carbocycles. The van der Waals surface area contributed by atoms with Crippen LogP contribution in [0.15, 0.2) is 18.3 Å². The normalized spacial score (nSPS) is 11.1. The lowest BCUT2D eigenvalue weighted by molar-refractivity contribution is 0.243. The zero-order valence-corrected chi connectivity index (χ0v) is 8.80. The Morgan fingerprint density at radius 2 is 2.21 bits per heavy atom. The average Bonchev–Trinajstić information content (AvgIpc) is 2.57. The lowest BCUT2D eigenvalue weighted by atomic mass is 10.2. The van der Waals surface area contributed by atoms with E-state index in [4.69, 9.17) is 16.3 Å². The van der Waals surface area contributed by atoms with E-state index >= 15 is 0 Å². The van der Waals surface area contributed by atoms with Gasteiger partial charge in [-0.1, -0.05) is 11.6 Å². The third-order valence-electron chi connectivity index (χ3n) is 1.89. The first kappa shape index (κ1) is 9.34. The maximum atomic E-state index is 6.14. The van der Waals surface area contributed by atoms with Gasteiger partial charge in [-0.25, -0.2) is 0 Å². The summed E-state index contributed by atoms with van der Waals surface area (Å²) in [6, 6.07) is 3.76. The van der Waals surface area contributed by atoms with Crippen molar-refractivity contribution in [1.82, 2.24) is 10.2 Å². The zero-order chi connectivity index (χ0) is 10.1. The van der Waals surface area contributed by atoms with Crippen LogP contribution in [0.1, 0.15) is 13.8 Å². The first-order valence-electron chi connectivity index (χ1n) is 4.46. The summed E-state index contributed by atoms with van der Waals surface area (Å²) in [4.78, 5) is 0. The molecule has 0 unspecified atom stereocenters. The molecule has 0 aliphatic carbocycles. The van der Waals surface area contributed by atoms with Gasteiger partial charge in [0, 0.05) is 5.39 Å². The smallest absolute Gasteiger partial charge is 0.139 e. The molecule has 0 aliphatic heterocycles. The van der Waals surface area contributed by atoms with E-state index in [1.807, 2.05) is 26.0 Å². The SMILES string of the molecule is CC(C)Oc1ccc2[nH]ncc2c1Cl. The molecule has 1 aromatic carbocycles. The van der Waals surface area contributed by atoms with Gasteiger partial charge in [0.05, 0.1) is 22.8 Å². The number of ether oxygens (including phenoxy) is 1. The number of hydrogen-bond donors (Lipinski definition) is 1. The Balaban J connectivity index is 2.51. The molecule has 1 N–H and O–H groups in total. The van der Waals surface area contributed by atoms with Crippen LogP contribution in [0.2, 0.25) is 5.02 Å². The molecule has 0 spiro atoms. The second-order valence-corrected chi connectivity index (χ2v) is 3.75. The van der Waals surface area contributed by atoms with E-state index in [0.29, 0.717) is 10.8 Å². The van der Waals surface area contributed by atoms with Crippen LogP contribution in [0.4, 0.5) is 0 Å². The van der Waals surface area contributed by atoms with Crippen LogP contribution >= 0.6 is 11.6 Å². The molecule has 1 aromatic heterocycles. The summed E-state index contributed by atoms with van der Waals surface area (Å²) in [5.41, 5.74) is 0.922. The van der Waals surface area contributed by atoms with Crippen molar-refractivity contribution in [3.8, 4) is 5.75 Å². The van der Waals surface area contributed by atoms with Crippen LogP contribution in [0.5, 0.6) is 5.75 Å². The van der Waals surface area contributed by atoms with E-state index in [0.717, 1.165) is 10.9 Å². The molecular formula is C10H11ClN2O. The third kappa shape index (κ3) is 1.55. The van der Waals surface area contributed by atoms with Crippen molar-refractivity contribution >= 4 is 22.5 Å². The predicted molar refractivity (Wildman–Crippen MR) is 56.9 cm³/mol. The Kier molecular flexibility index (Phi) is 2.33. The Hall–Kier alpha value is -1.22. The van der Waals surface area contributed by atoms with Crippen LogP contribution in [-0.4, -0.2) is 16.3 Å². The van der Waals surface area contributed by atoms with Gasteiger partial charge in [-0.2, -0.15) is 5.10 Å². The number of aromatic amines is 1. The molecule has 2 aromatic rings. The average molecular weight is 211 g/mol. The molecule has 4 heteroatoms. The molecular weight excluding hydrogens is 200 g/mol. The minimum Gasteiger partial charge on any atom is -0.489 e. The Labute approximate surface area is 87.0 Å². The fourth-order valence-corrected chi connectivity index (χ4v) is 1.57. The highest BCUT2D eigenvalue weighted by atomic mass is 35.5. The summed E-state index contributed by atoms with van der Waals surface area (Å²) < 4.78 is 5.55. The van der Waals surface area contributed by atoms with E-state index in [2.05, 4.69) is 10.2 Å². The van der Waals surface area contributed by atoms with E-state index in [1.54, 1.807) is 6.20 Å². The van der Waals surface area contributed by atoms with Crippen molar-refractivity contribution in [2.75, 3.05) is 0 Å². The molecule has 0 saturated heterocycles. The fraction of sp³-hybridized carbons (Fsp3) is 0.300. The summed E-state index contributed by atoms with van der Waals surface area (Å²) in [6.45, 7) is 3.94. The van der Waals surface area contributed by atoms with Gasteiger partial charge >= 0.3 is 0 Å². The molecule has 0 amide bonds. The van der Waals surface area contributed by atoms with Crippen molar-refractivity contribution in [1.29, 1.82) is 0 Å². The van der Waals surface area contributed by atoms with Gasteiger partial charge in [0.25, 0.3) is 0 Å². The van der Waals surface area contributed by atoms with Crippen LogP contribution in [0.3, 0.4) is 0 Å². The zero-order valence-electron chi connectivity index (χ0n) is 8.04. The van der Waals surface area contributed by atoms with Crippen molar-refractivity contribution in [2.45, 2.75) is 20.0 Å². The van der Waals surface area contributed by atoms with Gasteiger partial charge in [0.2, 0.25) is 0 Å². The number of nitrogens with zero attached hydrogens (tertiary/aromatic N) is 1. The number of nitrogens with one attached hydrogen (secondary N) is 1. The highest BCUT2D eigenvalue weighted by Gasteiger charge is 2.08. The summed E-state index contributed by atoms with van der Waals surface area (Å²) in [7, 11) is 0. The standard InChI is InChI=1S/C10H11ClN2O/c1-6(2)14-9-4-3-8-7(10(9)11)5-12-13-8/h3-6H,1-2H3,(H,12,13).